The lowest BCUT2D eigenvalue weighted by Crippen LogP contribution is -2.32. The van der Waals surface area contributed by atoms with Crippen LogP contribution in [0.2, 0.25) is 10.0 Å². The molecule has 3 aromatic carbocycles. The fourth-order valence-corrected chi connectivity index (χ4v) is 4.31. The van der Waals surface area contributed by atoms with Gasteiger partial charge in [0.15, 0.2) is 5.78 Å². The van der Waals surface area contributed by atoms with Gasteiger partial charge in [0.2, 0.25) is 0 Å². The van der Waals surface area contributed by atoms with Gasteiger partial charge in [-0.05, 0) is 47.9 Å². The number of ketones is 1. The monoisotopic (exact) mass is 469 g/mol. The number of halogens is 2. The molecule has 164 valence electrons. The van der Waals surface area contributed by atoms with E-state index in [1.165, 1.54) is 0 Å². The molecule has 0 radical (unpaired) electrons. The van der Waals surface area contributed by atoms with Gasteiger partial charge in [0.05, 0.1) is 0 Å². The van der Waals surface area contributed by atoms with Crippen LogP contribution < -0.4 is 10.1 Å². The Hall–Kier alpha value is -2.86. The van der Waals surface area contributed by atoms with Crippen LogP contribution in [0.1, 0.15) is 33.9 Å². The highest BCUT2D eigenvalue weighted by Gasteiger charge is 2.42. The average molecular weight is 470 g/mol. The van der Waals surface area contributed by atoms with Crippen molar-refractivity contribution in [3.63, 3.8) is 0 Å². The van der Waals surface area contributed by atoms with E-state index in [4.69, 9.17) is 27.9 Å². The van der Waals surface area contributed by atoms with Gasteiger partial charge in [0, 0.05) is 27.6 Å². The minimum absolute atomic E-state index is 0.115. The van der Waals surface area contributed by atoms with E-state index in [1.54, 1.807) is 48.5 Å². The van der Waals surface area contributed by atoms with Gasteiger partial charge in [-0.1, -0.05) is 65.7 Å². The third kappa shape index (κ3) is 4.96. The van der Waals surface area contributed by atoms with Gasteiger partial charge in [0.1, 0.15) is 18.4 Å². The van der Waals surface area contributed by atoms with Crippen LogP contribution in [0.3, 0.4) is 0 Å². The van der Waals surface area contributed by atoms with E-state index in [-0.39, 0.29) is 12.2 Å². The van der Waals surface area contributed by atoms with Crippen LogP contribution in [-0.4, -0.2) is 22.9 Å². The summed E-state index contributed by atoms with van der Waals surface area (Å²) in [6.45, 7) is 0.352. The first-order chi connectivity index (χ1) is 15.4. The number of benzene rings is 3. The number of Topliss-reactive ketones (excluding diaryl/α,β-unsaturated/α-hetero) is 1. The molecule has 1 saturated heterocycles. The maximum Gasteiger partial charge on any atom is 0.320 e. The third-order valence-electron chi connectivity index (χ3n) is 5.61. The van der Waals surface area contributed by atoms with E-state index in [0.717, 1.165) is 11.1 Å². The van der Waals surface area contributed by atoms with Crippen LogP contribution in [0.4, 0.5) is 0 Å². The van der Waals surface area contributed by atoms with E-state index in [0.29, 0.717) is 28.0 Å². The van der Waals surface area contributed by atoms with E-state index >= 15 is 0 Å². The zero-order chi connectivity index (χ0) is 22.7. The number of rotatable bonds is 7. The lowest BCUT2D eigenvalue weighted by atomic mass is 9.86. The van der Waals surface area contributed by atoms with Crippen molar-refractivity contribution in [1.29, 1.82) is 0 Å². The van der Waals surface area contributed by atoms with Gasteiger partial charge >= 0.3 is 5.97 Å². The molecule has 5 nitrogen and oxygen atoms in total. The van der Waals surface area contributed by atoms with Crippen LogP contribution in [0.15, 0.2) is 72.8 Å². The zero-order valence-corrected chi connectivity index (χ0v) is 18.5. The molecule has 0 bridgehead atoms. The quantitative estimate of drug-likeness (QED) is 0.443. The molecule has 1 aliphatic heterocycles. The molecule has 1 aliphatic rings. The molecule has 0 saturated carbocycles. The fraction of sp³-hybridized carbons (Fsp3) is 0.200. The second kappa shape index (κ2) is 9.74. The summed E-state index contributed by atoms with van der Waals surface area (Å²) in [5.41, 5.74) is 2.16. The molecular weight excluding hydrogens is 449 g/mol. The number of carboxylic acids is 1. The van der Waals surface area contributed by atoms with Crippen LogP contribution in [0.5, 0.6) is 5.75 Å². The summed E-state index contributed by atoms with van der Waals surface area (Å²) in [4.78, 5) is 24.9. The van der Waals surface area contributed by atoms with E-state index in [9.17, 15) is 14.7 Å². The molecule has 1 fully saturated rings. The number of hydrogen-bond acceptors (Lipinski definition) is 4. The predicted molar refractivity (Wildman–Crippen MR) is 123 cm³/mol. The molecule has 3 atom stereocenters. The number of nitrogens with one attached hydrogen (secondary N) is 1. The zero-order valence-electron chi connectivity index (χ0n) is 17.0. The summed E-state index contributed by atoms with van der Waals surface area (Å²) >= 11 is 12.2. The van der Waals surface area contributed by atoms with Crippen LogP contribution in [-0.2, 0) is 11.4 Å². The topological polar surface area (TPSA) is 75.6 Å². The fourth-order valence-electron chi connectivity index (χ4n) is 3.93. The molecule has 32 heavy (non-hydrogen) atoms. The first-order valence-corrected chi connectivity index (χ1v) is 10.9. The first kappa shape index (κ1) is 22.3. The Morgan fingerprint density at radius 2 is 1.66 bits per heavy atom. The Morgan fingerprint density at radius 1 is 0.969 bits per heavy atom. The standard InChI is InChI=1S/C25H21Cl2NO4/c26-17-9-11-18(12-10-17)32-14-15-5-7-16(8-6-15)24(29)20-13-22(25(30)31)28-23(20)19-3-1-2-4-21(19)27/h1-12,20,22-23,28H,13-14H2,(H,30,31)/t20?,22-,23-/m0/s1. The van der Waals surface area contributed by atoms with Gasteiger partial charge in [-0.15, -0.1) is 0 Å². The smallest absolute Gasteiger partial charge is 0.320 e. The predicted octanol–water partition coefficient (Wildman–Crippen LogP) is 5.56. The van der Waals surface area contributed by atoms with Crippen molar-refractivity contribution < 1.29 is 19.4 Å². The Bertz CT molecular complexity index is 1120. The van der Waals surface area contributed by atoms with Crippen LogP contribution in [0.25, 0.3) is 0 Å². The summed E-state index contributed by atoms with van der Waals surface area (Å²) in [7, 11) is 0. The average Bonchev–Trinajstić information content (AvgIpc) is 3.24. The highest BCUT2D eigenvalue weighted by Crippen LogP contribution is 2.38. The Morgan fingerprint density at radius 3 is 2.31 bits per heavy atom. The molecular formula is C25H21Cl2NO4. The Kier molecular flexibility index (Phi) is 6.80. The van der Waals surface area contributed by atoms with Crippen molar-refractivity contribution in [2.75, 3.05) is 0 Å². The minimum atomic E-state index is -0.980. The largest absolute Gasteiger partial charge is 0.489 e. The third-order valence-corrected chi connectivity index (χ3v) is 6.20. The number of carbonyl (C=O) groups is 2. The normalized spacial score (nSPS) is 20.1. The van der Waals surface area contributed by atoms with Crippen molar-refractivity contribution in [3.05, 3.63) is 99.5 Å². The highest BCUT2D eigenvalue weighted by molar-refractivity contribution is 6.31. The van der Waals surface area contributed by atoms with Crippen molar-refractivity contribution >= 4 is 35.0 Å². The second-order valence-electron chi connectivity index (χ2n) is 7.70. The Labute approximate surface area is 195 Å². The summed E-state index contributed by atoms with van der Waals surface area (Å²) in [6, 6.07) is 20.2. The van der Waals surface area contributed by atoms with Gasteiger partial charge in [0.25, 0.3) is 0 Å². The molecule has 1 heterocycles. The molecule has 0 spiro atoms. The molecule has 7 heteroatoms. The van der Waals surface area contributed by atoms with Gasteiger partial charge in [-0.2, -0.15) is 0 Å². The second-order valence-corrected chi connectivity index (χ2v) is 8.55. The van der Waals surface area contributed by atoms with Crippen molar-refractivity contribution in [2.45, 2.75) is 25.1 Å². The van der Waals surface area contributed by atoms with Gasteiger partial charge in [-0.25, -0.2) is 0 Å². The molecule has 0 amide bonds. The summed E-state index contributed by atoms with van der Waals surface area (Å²) in [5.74, 6) is -0.926. The van der Waals surface area contributed by atoms with Crippen molar-refractivity contribution in [2.24, 2.45) is 5.92 Å². The van der Waals surface area contributed by atoms with Crippen molar-refractivity contribution in [3.8, 4) is 5.75 Å². The van der Waals surface area contributed by atoms with Crippen LogP contribution in [0, 0.1) is 5.92 Å². The number of carbonyl (C=O) groups excluding carboxylic acids is 1. The summed E-state index contributed by atoms with van der Waals surface area (Å²) < 4.78 is 5.74. The van der Waals surface area contributed by atoms with E-state index in [1.807, 2.05) is 24.3 Å². The van der Waals surface area contributed by atoms with Crippen LogP contribution >= 0.6 is 23.2 Å². The lowest BCUT2D eigenvalue weighted by molar-refractivity contribution is -0.139. The maximum absolute atomic E-state index is 13.3. The molecule has 0 aliphatic carbocycles. The SMILES string of the molecule is O=C(c1ccc(COc2ccc(Cl)cc2)cc1)C1C[C@@H](C(=O)O)N[C@H]1c1ccccc1Cl. The number of ether oxygens (including phenoxy) is 1. The van der Waals surface area contributed by atoms with Gasteiger partial charge < -0.3 is 9.84 Å². The maximum atomic E-state index is 13.3. The van der Waals surface area contributed by atoms with E-state index in [2.05, 4.69) is 5.32 Å². The lowest BCUT2D eigenvalue weighted by Gasteiger charge is -2.20. The molecule has 1 unspecified atom stereocenters. The van der Waals surface area contributed by atoms with E-state index < -0.39 is 24.0 Å². The molecule has 4 rings (SSSR count). The van der Waals surface area contributed by atoms with Gasteiger partial charge in [-0.3, -0.25) is 14.9 Å². The number of aliphatic carboxylic acids is 1. The molecule has 2 N–H and O–H groups in total. The number of carboxylic acid groups (broad SMARTS) is 1. The minimum Gasteiger partial charge on any atom is -0.489 e. The number of hydrogen-bond donors (Lipinski definition) is 2. The highest BCUT2D eigenvalue weighted by atomic mass is 35.5. The molecule has 3 aromatic rings. The summed E-state index contributed by atoms with van der Waals surface area (Å²) in [5, 5.41) is 13.7. The molecule has 0 aromatic heterocycles. The van der Waals surface area contributed by atoms with Crippen molar-refractivity contribution in [1.82, 2.24) is 5.32 Å². The Balaban J connectivity index is 1.49. The summed E-state index contributed by atoms with van der Waals surface area (Å²) in [6.07, 6.45) is 0.200. The first-order valence-electron chi connectivity index (χ1n) is 10.2.